The van der Waals surface area contributed by atoms with E-state index in [0.717, 1.165) is 0 Å². The molecule has 0 amide bonds. The van der Waals surface area contributed by atoms with Crippen LogP contribution in [0.15, 0.2) is 23.1 Å². The average molecular weight is 288 g/mol. The molecule has 1 rings (SSSR count). The van der Waals surface area contributed by atoms with Crippen LogP contribution in [0.3, 0.4) is 0 Å². The van der Waals surface area contributed by atoms with Gasteiger partial charge < -0.3 is 15.2 Å². The number of methoxy groups -OCH3 is 2. The SMILES string of the molecule is COc1cc(N)ccc1S(=O)(=O)NCC(C)(C)OC. The number of anilines is 1. The lowest BCUT2D eigenvalue weighted by Gasteiger charge is -2.23. The van der Waals surface area contributed by atoms with Crippen molar-refractivity contribution in [3.05, 3.63) is 18.2 Å². The Hall–Kier alpha value is -1.31. The van der Waals surface area contributed by atoms with Crippen LogP contribution < -0.4 is 15.2 Å². The van der Waals surface area contributed by atoms with E-state index < -0.39 is 15.6 Å². The first-order valence-corrected chi connectivity index (χ1v) is 7.18. The third-order valence-corrected chi connectivity index (χ3v) is 4.16. The van der Waals surface area contributed by atoms with Crippen molar-refractivity contribution >= 4 is 15.7 Å². The minimum atomic E-state index is -3.67. The van der Waals surface area contributed by atoms with Crippen molar-refractivity contribution in [3.8, 4) is 5.75 Å². The molecule has 0 aromatic heterocycles. The fourth-order valence-corrected chi connectivity index (χ4v) is 2.67. The Labute approximate surface area is 113 Å². The number of benzene rings is 1. The molecule has 0 fully saturated rings. The summed E-state index contributed by atoms with van der Waals surface area (Å²) >= 11 is 0. The number of sulfonamides is 1. The lowest BCUT2D eigenvalue weighted by Crippen LogP contribution is -2.39. The van der Waals surface area contributed by atoms with Gasteiger partial charge in [-0.2, -0.15) is 0 Å². The van der Waals surface area contributed by atoms with Crippen LogP contribution in [0.4, 0.5) is 5.69 Å². The fraction of sp³-hybridized carbons (Fsp3) is 0.500. The van der Waals surface area contributed by atoms with E-state index in [4.69, 9.17) is 15.2 Å². The lowest BCUT2D eigenvalue weighted by atomic mass is 10.1. The minimum Gasteiger partial charge on any atom is -0.495 e. The summed E-state index contributed by atoms with van der Waals surface area (Å²) in [6.07, 6.45) is 0. The summed E-state index contributed by atoms with van der Waals surface area (Å²) in [5.41, 5.74) is 5.44. The maximum absolute atomic E-state index is 12.2. The zero-order chi connectivity index (χ0) is 14.7. The molecular formula is C12H20N2O4S. The van der Waals surface area contributed by atoms with Crippen molar-refractivity contribution in [1.29, 1.82) is 0 Å². The molecule has 7 heteroatoms. The van der Waals surface area contributed by atoms with Gasteiger partial charge in [0.05, 0.1) is 12.7 Å². The first-order chi connectivity index (χ1) is 8.72. The van der Waals surface area contributed by atoms with Gasteiger partial charge in [0, 0.05) is 25.4 Å². The predicted octanol–water partition coefficient (Wildman–Crippen LogP) is 0.981. The van der Waals surface area contributed by atoms with Gasteiger partial charge in [-0.15, -0.1) is 0 Å². The molecule has 19 heavy (non-hydrogen) atoms. The highest BCUT2D eigenvalue weighted by molar-refractivity contribution is 7.89. The second-order valence-electron chi connectivity index (χ2n) is 4.70. The molecular weight excluding hydrogens is 268 g/mol. The Kier molecular flexibility index (Phi) is 4.78. The molecule has 1 aromatic carbocycles. The van der Waals surface area contributed by atoms with Crippen LogP contribution in [0.25, 0.3) is 0 Å². The van der Waals surface area contributed by atoms with E-state index in [9.17, 15) is 8.42 Å². The molecule has 0 atom stereocenters. The summed E-state index contributed by atoms with van der Waals surface area (Å²) in [6.45, 7) is 3.73. The second-order valence-corrected chi connectivity index (χ2v) is 6.43. The Bertz CT molecular complexity index is 541. The minimum absolute atomic E-state index is 0.0519. The molecule has 3 N–H and O–H groups in total. The van der Waals surface area contributed by atoms with Crippen molar-refractivity contribution in [1.82, 2.24) is 4.72 Å². The smallest absolute Gasteiger partial charge is 0.244 e. The number of ether oxygens (including phenoxy) is 2. The van der Waals surface area contributed by atoms with Crippen LogP contribution in [0, 0.1) is 0 Å². The van der Waals surface area contributed by atoms with Crippen LogP contribution in [-0.2, 0) is 14.8 Å². The Morgan fingerprint density at radius 3 is 2.47 bits per heavy atom. The van der Waals surface area contributed by atoms with E-state index >= 15 is 0 Å². The van der Waals surface area contributed by atoms with Gasteiger partial charge in [-0.3, -0.25) is 0 Å². The van der Waals surface area contributed by atoms with Crippen molar-refractivity contribution < 1.29 is 17.9 Å². The van der Waals surface area contributed by atoms with E-state index in [-0.39, 0.29) is 17.2 Å². The van der Waals surface area contributed by atoms with Crippen molar-refractivity contribution in [2.45, 2.75) is 24.3 Å². The van der Waals surface area contributed by atoms with Gasteiger partial charge in [0.2, 0.25) is 10.0 Å². The predicted molar refractivity (Wildman–Crippen MR) is 73.7 cm³/mol. The van der Waals surface area contributed by atoms with E-state index in [1.165, 1.54) is 32.4 Å². The van der Waals surface area contributed by atoms with Gasteiger partial charge in [-0.25, -0.2) is 13.1 Å². The normalized spacial score (nSPS) is 12.4. The molecule has 0 unspecified atom stereocenters. The summed E-state index contributed by atoms with van der Waals surface area (Å²) in [5.74, 6) is 0.211. The molecule has 0 saturated heterocycles. The molecule has 0 heterocycles. The largest absolute Gasteiger partial charge is 0.495 e. The third kappa shape index (κ3) is 4.09. The van der Waals surface area contributed by atoms with Gasteiger partial charge in [-0.05, 0) is 26.0 Å². The molecule has 0 aliphatic heterocycles. The monoisotopic (exact) mass is 288 g/mol. The molecule has 0 bridgehead atoms. The maximum Gasteiger partial charge on any atom is 0.244 e. The summed E-state index contributed by atoms with van der Waals surface area (Å²) in [7, 11) is -0.752. The molecule has 0 spiro atoms. The third-order valence-electron chi connectivity index (χ3n) is 2.72. The number of nitrogen functional groups attached to an aromatic ring is 1. The number of nitrogens with two attached hydrogens (primary N) is 1. The summed E-state index contributed by atoms with van der Waals surface area (Å²) in [5, 5.41) is 0. The molecule has 6 nitrogen and oxygen atoms in total. The fourth-order valence-electron chi connectivity index (χ4n) is 1.32. The zero-order valence-corrected chi connectivity index (χ0v) is 12.4. The molecule has 108 valence electrons. The van der Waals surface area contributed by atoms with E-state index in [2.05, 4.69) is 4.72 Å². The van der Waals surface area contributed by atoms with E-state index in [1.807, 2.05) is 0 Å². The zero-order valence-electron chi connectivity index (χ0n) is 11.6. The summed E-state index contributed by atoms with van der Waals surface area (Å²) in [6, 6.07) is 4.39. The topological polar surface area (TPSA) is 90.7 Å². The van der Waals surface area contributed by atoms with Crippen LogP contribution >= 0.6 is 0 Å². The number of rotatable bonds is 6. The Morgan fingerprint density at radius 2 is 1.95 bits per heavy atom. The second kappa shape index (κ2) is 5.77. The van der Waals surface area contributed by atoms with E-state index in [0.29, 0.717) is 5.69 Å². The highest BCUT2D eigenvalue weighted by atomic mass is 32.2. The van der Waals surface area contributed by atoms with Gasteiger partial charge >= 0.3 is 0 Å². The first-order valence-electron chi connectivity index (χ1n) is 5.70. The number of hydrogen-bond donors (Lipinski definition) is 2. The van der Waals surface area contributed by atoms with Crippen molar-refractivity contribution in [2.75, 3.05) is 26.5 Å². The molecule has 0 aliphatic rings. The van der Waals surface area contributed by atoms with Crippen molar-refractivity contribution in [2.24, 2.45) is 0 Å². The molecule has 0 aliphatic carbocycles. The first kappa shape index (κ1) is 15.7. The van der Waals surface area contributed by atoms with Gasteiger partial charge in [-0.1, -0.05) is 0 Å². The Balaban J connectivity index is 3.01. The van der Waals surface area contributed by atoms with Gasteiger partial charge in [0.1, 0.15) is 10.6 Å². The van der Waals surface area contributed by atoms with Gasteiger partial charge in [0.25, 0.3) is 0 Å². The molecule has 0 saturated carbocycles. The van der Waals surface area contributed by atoms with Crippen molar-refractivity contribution in [3.63, 3.8) is 0 Å². The number of nitrogens with one attached hydrogen (secondary N) is 1. The van der Waals surface area contributed by atoms with Crippen LogP contribution in [-0.4, -0.2) is 34.8 Å². The van der Waals surface area contributed by atoms with Crippen LogP contribution in [0.5, 0.6) is 5.75 Å². The molecule has 0 radical (unpaired) electrons. The standard InChI is InChI=1S/C12H20N2O4S/c1-12(2,18-4)8-14-19(15,16)11-6-5-9(13)7-10(11)17-3/h5-7,14H,8,13H2,1-4H3. The Morgan fingerprint density at radius 1 is 1.32 bits per heavy atom. The molecule has 1 aromatic rings. The quantitative estimate of drug-likeness (QED) is 0.761. The highest BCUT2D eigenvalue weighted by Gasteiger charge is 2.24. The number of hydrogen-bond acceptors (Lipinski definition) is 5. The average Bonchev–Trinajstić information content (AvgIpc) is 2.36. The highest BCUT2D eigenvalue weighted by Crippen LogP contribution is 2.26. The maximum atomic E-state index is 12.2. The van der Waals surface area contributed by atoms with Gasteiger partial charge in [0.15, 0.2) is 0 Å². The van der Waals surface area contributed by atoms with Crippen LogP contribution in [0.2, 0.25) is 0 Å². The summed E-state index contributed by atoms with van der Waals surface area (Å²) in [4.78, 5) is 0.0519. The lowest BCUT2D eigenvalue weighted by molar-refractivity contribution is 0.0276. The van der Waals surface area contributed by atoms with E-state index in [1.54, 1.807) is 13.8 Å². The van der Waals surface area contributed by atoms with Crippen LogP contribution in [0.1, 0.15) is 13.8 Å². The summed E-state index contributed by atoms with van der Waals surface area (Å²) < 4.78 is 37.1.